The lowest BCUT2D eigenvalue weighted by atomic mass is 10.3. The highest BCUT2D eigenvalue weighted by Gasteiger charge is 2.08. The molecule has 0 aliphatic rings. The normalized spacial score (nSPS) is 12.4. The van der Waals surface area contributed by atoms with Gasteiger partial charge in [0.2, 0.25) is 5.88 Å². The van der Waals surface area contributed by atoms with Gasteiger partial charge >= 0.3 is 0 Å². The lowest BCUT2D eigenvalue weighted by Crippen LogP contribution is -2.20. The first-order valence-electron chi connectivity index (χ1n) is 6.03. The second kappa shape index (κ2) is 7.06. The Bertz CT molecular complexity index is 345. The Hall–Kier alpha value is -1.36. The number of aryl methyl sites for hydroxylation is 1. The molecule has 0 aromatic carbocycles. The molecule has 0 radical (unpaired) electrons. The van der Waals surface area contributed by atoms with Gasteiger partial charge in [-0.05, 0) is 20.3 Å². The molecule has 0 amide bonds. The van der Waals surface area contributed by atoms with Crippen molar-refractivity contribution in [2.45, 2.75) is 39.7 Å². The molecule has 1 atom stereocenters. The first-order valence-corrected chi connectivity index (χ1v) is 6.03. The monoisotopic (exact) mass is 239 g/mol. The summed E-state index contributed by atoms with van der Waals surface area (Å²) < 4.78 is 10.9. The van der Waals surface area contributed by atoms with Crippen LogP contribution in [0.3, 0.4) is 0 Å². The minimum atomic E-state index is -0.0428. The highest BCUT2D eigenvalue weighted by atomic mass is 16.5. The summed E-state index contributed by atoms with van der Waals surface area (Å²) in [5, 5.41) is 0. The van der Waals surface area contributed by atoms with Crippen LogP contribution in [0.1, 0.15) is 33.0 Å². The quantitative estimate of drug-likeness (QED) is 0.785. The average Bonchev–Trinajstić information content (AvgIpc) is 2.26. The Labute approximate surface area is 102 Å². The van der Waals surface area contributed by atoms with Crippen LogP contribution in [0.25, 0.3) is 0 Å². The Morgan fingerprint density at radius 3 is 2.76 bits per heavy atom. The molecular weight excluding hydrogens is 218 g/mol. The fourth-order valence-corrected chi connectivity index (χ4v) is 1.41. The number of nitrogens with zero attached hydrogens (tertiary/aromatic N) is 2. The minimum absolute atomic E-state index is 0.0428. The second-order valence-corrected chi connectivity index (χ2v) is 3.89. The smallest absolute Gasteiger partial charge is 0.219 e. The molecule has 96 valence electrons. The maximum Gasteiger partial charge on any atom is 0.219 e. The van der Waals surface area contributed by atoms with Crippen molar-refractivity contribution in [1.29, 1.82) is 0 Å². The molecule has 17 heavy (non-hydrogen) atoms. The summed E-state index contributed by atoms with van der Waals surface area (Å²) in [5.41, 5.74) is 5.70. The van der Waals surface area contributed by atoms with Crippen LogP contribution in [-0.4, -0.2) is 29.3 Å². The number of aromatic nitrogens is 2. The zero-order valence-electron chi connectivity index (χ0n) is 10.8. The van der Waals surface area contributed by atoms with Crippen molar-refractivity contribution >= 4 is 5.82 Å². The maximum absolute atomic E-state index is 5.70. The number of hydrogen-bond acceptors (Lipinski definition) is 5. The van der Waals surface area contributed by atoms with Gasteiger partial charge in [0.05, 0.1) is 6.61 Å². The largest absolute Gasteiger partial charge is 0.472 e. The van der Waals surface area contributed by atoms with E-state index < -0.39 is 0 Å². The molecule has 0 spiro atoms. The molecule has 5 nitrogen and oxygen atoms in total. The van der Waals surface area contributed by atoms with Crippen LogP contribution in [-0.2, 0) is 11.2 Å². The van der Waals surface area contributed by atoms with Gasteiger partial charge < -0.3 is 15.2 Å². The number of anilines is 1. The summed E-state index contributed by atoms with van der Waals surface area (Å²) in [7, 11) is 0. The second-order valence-electron chi connectivity index (χ2n) is 3.89. The van der Waals surface area contributed by atoms with Crippen molar-refractivity contribution in [2.75, 3.05) is 18.9 Å². The van der Waals surface area contributed by atoms with Crippen molar-refractivity contribution in [2.24, 2.45) is 0 Å². The predicted molar refractivity (Wildman–Crippen MR) is 67.0 cm³/mol. The Morgan fingerprint density at radius 2 is 2.12 bits per heavy atom. The van der Waals surface area contributed by atoms with Crippen LogP contribution in [0.15, 0.2) is 6.07 Å². The van der Waals surface area contributed by atoms with Crippen LogP contribution in [0.5, 0.6) is 5.88 Å². The third kappa shape index (κ3) is 4.99. The number of nitrogens with two attached hydrogens (primary N) is 1. The summed E-state index contributed by atoms with van der Waals surface area (Å²) in [6.07, 6.45) is 1.75. The van der Waals surface area contributed by atoms with Gasteiger partial charge in [0.25, 0.3) is 0 Å². The van der Waals surface area contributed by atoms with Gasteiger partial charge in [-0.15, -0.1) is 0 Å². The number of nitrogen functional groups attached to an aromatic ring is 1. The van der Waals surface area contributed by atoms with Gasteiger partial charge in [0.1, 0.15) is 17.7 Å². The molecule has 1 heterocycles. The molecule has 0 aliphatic carbocycles. The van der Waals surface area contributed by atoms with Gasteiger partial charge in [-0.3, -0.25) is 0 Å². The highest BCUT2D eigenvalue weighted by Crippen LogP contribution is 2.13. The third-order valence-corrected chi connectivity index (χ3v) is 2.12. The van der Waals surface area contributed by atoms with Crippen LogP contribution in [0.4, 0.5) is 5.82 Å². The number of rotatable bonds is 7. The van der Waals surface area contributed by atoms with E-state index in [1.54, 1.807) is 6.07 Å². The van der Waals surface area contributed by atoms with E-state index in [1.807, 2.05) is 13.8 Å². The molecule has 1 unspecified atom stereocenters. The minimum Gasteiger partial charge on any atom is -0.472 e. The maximum atomic E-state index is 5.70. The van der Waals surface area contributed by atoms with Crippen LogP contribution in [0, 0.1) is 0 Å². The summed E-state index contributed by atoms with van der Waals surface area (Å²) in [4.78, 5) is 8.45. The van der Waals surface area contributed by atoms with Crippen LogP contribution in [0.2, 0.25) is 0 Å². The van der Waals surface area contributed by atoms with Gasteiger partial charge in [-0.2, -0.15) is 4.98 Å². The van der Waals surface area contributed by atoms with E-state index in [0.29, 0.717) is 24.9 Å². The Balaban J connectivity index is 2.63. The summed E-state index contributed by atoms with van der Waals surface area (Å²) >= 11 is 0. The van der Waals surface area contributed by atoms with E-state index in [9.17, 15) is 0 Å². The van der Waals surface area contributed by atoms with E-state index >= 15 is 0 Å². The molecule has 0 bridgehead atoms. The van der Waals surface area contributed by atoms with Crippen LogP contribution >= 0.6 is 0 Å². The van der Waals surface area contributed by atoms with E-state index in [-0.39, 0.29) is 6.10 Å². The van der Waals surface area contributed by atoms with E-state index in [4.69, 9.17) is 15.2 Å². The van der Waals surface area contributed by atoms with E-state index in [2.05, 4.69) is 16.9 Å². The van der Waals surface area contributed by atoms with Gasteiger partial charge in [0, 0.05) is 19.1 Å². The summed E-state index contributed by atoms with van der Waals surface area (Å²) in [6.45, 7) is 7.19. The van der Waals surface area contributed by atoms with Gasteiger partial charge in [-0.25, -0.2) is 4.98 Å². The highest BCUT2D eigenvalue weighted by molar-refractivity contribution is 5.32. The van der Waals surface area contributed by atoms with Gasteiger partial charge in [0.15, 0.2) is 0 Å². The standard InChI is InChI=1S/C12H21N3O2/c1-4-6-11-14-10(13)7-12(15-11)17-9(3)8-16-5-2/h7,9H,4-6,8H2,1-3H3,(H2,13,14,15). The van der Waals surface area contributed by atoms with Crippen LogP contribution < -0.4 is 10.5 Å². The fourth-order valence-electron chi connectivity index (χ4n) is 1.41. The molecule has 0 fully saturated rings. The molecular formula is C12H21N3O2. The first-order chi connectivity index (χ1) is 8.15. The summed E-state index contributed by atoms with van der Waals surface area (Å²) in [6, 6.07) is 1.64. The molecule has 0 saturated heterocycles. The molecule has 0 aliphatic heterocycles. The third-order valence-electron chi connectivity index (χ3n) is 2.12. The van der Waals surface area contributed by atoms with Crippen molar-refractivity contribution in [3.8, 4) is 5.88 Å². The lowest BCUT2D eigenvalue weighted by molar-refractivity contribution is 0.0632. The molecule has 1 rings (SSSR count). The molecule has 1 aromatic rings. The molecule has 0 saturated carbocycles. The van der Waals surface area contributed by atoms with Crippen molar-refractivity contribution in [3.63, 3.8) is 0 Å². The first kappa shape index (κ1) is 13.7. The van der Waals surface area contributed by atoms with Crippen molar-refractivity contribution in [1.82, 2.24) is 9.97 Å². The molecule has 5 heteroatoms. The predicted octanol–water partition coefficient (Wildman–Crippen LogP) is 1.82. The topological polar surface area (TPSA) is 70.3 Å². The fraction of sp³-hybridized carbons (Fsp3) is 0.667. The SMILES string of the molecule is CCCc1nc(N)cc(OC(C)COCC)n1. The average molecular weight is 239 g/mol. The Kier molecular flexibility index (Phi) is 5.69. The summed E-state index contributed by atoms with van der Waals surface area (Å²) in [5.74, 6) is 1.70. The van der Waals surface area contributed by atoms with E-state index in [1.165, 1.54) is 0 Å². The molecule has 1 aromatic heterocycles. The zero-order valence-corrected chi connectivity index (χ0v) is 10.8. The van der Waals surface area contributed by atoms with E-state index in [0.717, 1.165) is 18.7 Å². The molecule has 2 N–H and O–H groups in total. The van der Waals surface area contributed by atoms with Crippen molar-refractivity contribution < 1.29 is 9.47 Å². The number of hydrogen-bond donors (Lipinski definition) is 1. The lowest BCUT2D eigenvalue weighted by Gasteiger charge is -2.14. The number of ether oxygens (including phenoxy) is 2. The van der Waals surface area contributed by atoms with Gasteiger partial charge in [-0.1, -0.05) is 6.92 Å². The Morgan fingerprint density at radius 1 is 1.35 bits per heavy atom. The zero-order chi connectivity index (χ0) is 12.7. The van der Waals surface area contributed by atoms with Crippen molar-refractivity contribution in [3.05, 3.63) is 11.9 Å².